The molecule has 2 aliphatic rings. The van der Waals surface area contributed by atoms with Gasteiger partial charge >= 0.3 is 0 Å². The second kappa shape index (κ2) is 7.94. The van der Waals surface area contributed by atoms with Crippen LogP contribution in [-0.4, -0.2) is 42.8 Å². The van der Waals surface area contributed by atoms with Gasteiger partial charge < -0.3 is 10.2 Å². The van der Waals surface area contributed by atoms with Crippen molar-refractivity contribution in [1.82, 2.24) is 29.8 Å². The number of nitrogens with one attached hydrogen (secondary N) is 1. The Kier molecular flexibility index (Phi) is 5.22. The third kappa shape index (κ3) is 4.20. The number of nitrogens with zero attached hydrogens (tertiary/aromatic N) is 5. The Morgan fingerprint density at radius 2 is 2.15 bits per heavy atom. The monoisotopic (exact) mass is 370 g/mol. The molecular weight excluding hydrogens is 344 g/mol. The molecular formula is C19H26N6O2. The lowest BCUT2D eigenvalue weighted by atomic mass is 9.85. The Bertz CT molecular complexity index is 793. The van der Waals surface area contributed by atoms with Crippen LogP contribution in [0.15, 0.2) is 24.5 Å². The number of carbonyl (C=O) groups excluding carboxylic acids is 2. The van der Waals surface area contributed by atoms with Gasteiger partial charge in [-0.1, -0.05) is 6.42 Å². The van der Waals surface area contributed by atoms with Crippen molar-refractivity contribution in [3.63, 3.8) is 0 Å². The van der Waals surface area contributed by atoms with Crippen LogP contribution in [0.25, 0.3) is 0 Å². The van der Waals surface area contributed by atoms with Crippen molar-refractivity contribution in [3.8, 4) is 0 Å². The zero-order valence-electron chi connectivity index (χ0n) is 15.5. The average molecular weight is 370 g/mol. The predicted octanol–water partition coefficient (Wildman–Crippen LogP) is 1.32. The highest BCUT2D eigenvalue weighted by Gasteiger charge is 2.26. The molecule has 2 aromatic heterocycles. The summed E-state index contributed by atoms with van der Waals surface area (Å²) in [5, 5.41) is 11.7. The number of aromatic nitrogens is 4. The zero-order chi connectivity index (χ0) is 18.6. The quantitative estimate of drug-likeness (QED) is 0.797. The summed E-state index contributed by atoms with van der Waals surface area (Å²) in [4.78, 5) is 26.3. The largest absolute Gasteiger partial charge is 0.350 e. The van der Waals surface area contributed by atoms with Crippen LogP contribution < -0.4 is 5.32 Å². The van der Waals surface area contributed by atoms with Gasteiger partial charge in [0, 0.05) is 37.8 Å². The molecule has 4 rings (SSSR count). The van der Waals surface area contributed by atoms with E-state index in [1.165, 1.54) is 0 Å². The summed E-state index contributed by atoms with van der Waals surface area (Å²) in [7, 11) is 0. The molecule has 8 nitrogen and oxygen atoms in total. The lowest BCUT2D eigenvalue weighted by Gasteiger charge is -2.27. The van der Waals surface area contributed by atoms with Gasteiger partial charge in [0.05, 0.1) is 31.0 Å². The van der Waals surface area contributed by atoms with Gasteiger partial charge in [-0.3, -0.25) is 19.0 Å². The van der Waals surface area contributed by atoms with E-state index in [0.29, 0.717) is 32.6 Å². The van der Waals surface area contributed by atoms with Crippen LogP contribution in [0, 0.1) is 5.92 Å². The SMILES string of the molecule is O=C(NCc1cc2n(n1)CCN(C(=O)CCCn1cccn1)C2)C1CCC1. The molecule has 0 bridgehead atoms. The summed E-state index contributed by atoms with van der Waals surface area (Å²) in [6, 6.07) is 3.89. The molecule has 144 valence electrons. The highest BCUT2D eigenvalue weighted by molar-refractivity contribution is 5.79. The Balaban J connectivity index is 1.25. The van der Waals surface area contributed by atoms with Gasteiger partial charge in [0.2, 0.25) is 11.8 Å². The van der Waals surface area contributed by atoms with Gasteiger partial charge in [0.1, 0.15) is 0 Å². The number of hydrogen-bond donors (Lipinski definition) is 1. The number of hydrogen-bond acceptors (Lipinski definition) is 4. The van der Waals surface area contributed by atoms with E-state index in [9.17, 15) is 9.59 Å². The van der Waals surface area contributed by atoms with Crippen LogP contribution in [0.5, 0.6) is 0 Å². The van der Waals surface area contributed by atoms with Crippen molar-refractivity contribution < 1.29 is 9.59 Å². The first-order chi connectivity index (χ1) is 13.2. The summed E-state index contributed by atoms with van der Waals surface area (Å²) in [5.74, 6) is 0.507. The van der Waals surface area contributed by atoms with Gasteiger partial charge in [0.15, 0.2) is 0 Å². The second-order valence-corrected chi connectivity index (χ2v) is 7.38. The predicted molar refractivity (Wildman–Crippen MR) is 98.3 cm³/mol. The normalized spacial score (nSPS) is 16.7. The fourth-order valence-corrected chi connectivity index (χ4v) is 3.60. The lowest BCUT2D eigenvalue weighted by Crippen LogP contribution is -2.38. The molecule has 0 aromatic carbocycles. The molecule has 1 aliphatic carbocycles. The molecule has 0 radical (unpaired) electrons. The van der Waals surface area contributed by atoms with E-state index in [4.69, 9.17) is 0 Å². The summed E-state index contributed by atoms with van der Waals surface area (Å²) in [5.41, 5.74) is 1.90. The van der Waals surface area contributed by atoms with Crippen molar-refractivity contribution in [1.29, 1.82) is 0 Å². The number of rotatable bonds is 7. The Hall–Kier alpha value is -2.64. The summed E-state index contributed by atoms with van der Waals surface area (Å²) >= 11 is 0. The minimum atomic E-state index is 0.140. The fraction of sp³-hybridized carbons (Fsp3) is 0.579. The van der Waals surface area contributed by atoms with E-state index >= 15 is 0 Å². The molecule has 1 aliphatic heterocycles. The molecule has 2 amide bonds. The van der Waals surface area contributed by atoms with Gasteiger partial charge in [-0.25, -0.2) is 0 Å². The van der Waals surface area contributed by atoms with E-state index in [1.807, 2.05) is 32.6 Å². The van der Waals surface area contributed by atoms with E-state index in [-0.39, 0.29) is 17.7 Å². The van der Waals surface area contributed by atoms with Crippen LogP contribution in [0.1, 0.15) is 43.5 Å². The van der Waals surface area contributed by atoms with Gasteiger partial charge in [-0.05, 0) is 31.4 Å². The first-order valence-electron chi connectivity index (χ1n) is 9.77. The first-order valence-corrected chi connectivity index (χ1v) is 9.77. The summed E-state index contributed by atoms with van der Waals surface area (Å²) in [6.07, 6.45) is 8.14. The minimum Gasteiger partial charge on any atom is -0.350 e. The van der Waals surface area contributed by atoms with Crippen molar-refractivity contribution in [2.24, 2.45) is 5.92 Å². The van der Waals surface area contributed by atoms with Crippen molar-refractivity contribution >= 4 is 11.8 Å². The van der Waals surface area contributed by atoms with Crippen molar-refractivity contribution in [2.75, 3.05) is 6.54 Å². The molecule has 1 fully saturated rings. The third-order valence-electron chi connectivity index (χ3n) is 5.46. The molecule has 0 atom stereocenters. The first kappa shape index (κ1) is 17.8. The molecule has 0 spiro atoms. The average Bonchev–Trinajstić information content (AvgIpc) is 3.26. The molecule has 8 heteroatoms. The molecule has 0 saturated heterocycles. The van der Waals surface area contributed by atoms with Crippen LogP contribution >= 0.6 is 0 Å². The third-order valence-corrected chi connectivity index (χ3v) is 5.46. The van der Waals surface area contributed by atoms with Crippen LogP contribution in [-0.2, 0) is 35.8 Å². The standard InChI is InChI=1S/C19H26N6O2/c26-18(6-2-8-24-9-3-7-21-24)23-10-11-25-17(14-23)12-16(22-25)13-20-19(27)15-4-1-5-15/h3,7,9,12,15H,1-2,4-6,8,10-11,13-14H2,(H,20,27). The minimum absolute atomic E-state index is 0.140. The Morgan fingerprint density at radius 3 is 2.89 bits per heavy atom. The molecule has 27 heavy (non-hydrogen) atoms. The van der Waals surface area contributed by atoms with Crippen molar-refractivity contribution in [3.05, 3.63) is 35.9 Å². The van der Waals surface area contributed by atoms with E-state index in [0.717, 1.165) is 43.6 Å². The van der Waals surface area contributed by atoms with Gasteiger partial charge in [0.25, 0.3) is 0 Å². The number of carbonyl (C=O) groups is 2. The molecule has 1 N–H and O–H groups in total. The van der Waals surface area contributed by atoms with Gasteiger partial charge in [-0.2, -0.15) is 10.2 Å². The number of aryl methyl sites for hydroxylation is 1. The molecule has 1 saturated carbocycles. The summed E-state index contributed by atoms with van der Waals surface area (Å²) in [6.45, 7) is 3.20. The molecule has 0 unspecified atom stereocenters. The topological polar surface area (TPSA) is 85.0 Å². The second-order valence-electron chi connectivity index (χ2n) is 7.38. The number of amides is 2. The number of fused-ring (bicyclic) bond motifs is 1. The highest BCUT2D eigenvalue weighted by atomic mass is 16.2. The Morgan fingerprint density at radius 1 is 1.26 bits per heavy atom. The van der Waals surface area contributed by atoms with Gasteiger partial charge in [-0.15, -0.1) is 0 Å². The molecule has 2 aromatic rings. The maximum Gasteiger partial charge on any atom is 0.223 e. The fourth-order valence-electron chi connectivity index (χ4n) is 3.60. The molecule has 3 heterocycles. The van der Waals surface area contributed by atoms with E-state index in [2.05, 4.69) is 15.5 Å². The summed E-state index contributed by atoms with van der Waals surface area (Å²) < 4.78 is 3.81. The maximum atomic E-state index is 12.5. The maximum absolute atomic E-state index is 12.5. The van der Waals surface area contributed by atoms with Crippen molar-refractivity contribution in [2.45, 2.75) is 58.3 Å². The van der Waals surface area contributed by atoms with E-state index < -0.39 is 0 Å². The van der Waals surface area contributed by atoms with Crippen LogP contribution in [0.4, 0.5) is 0 Å². The lowest BCUT2D eigenvalue weighted by molar-refractivity contribution is -0.133. The smallest absolute Gasteiger partial charge is 0.223 e. The highest BCUT2D eigenvalue weighted by Crippen LogP contribution is 2.26. The van der Waals surface area contributed by atoms with Crippen LogP contribution in [0.3, 0.4) is 0 Å². The van der Waals surface area contributed by atoms with E-state index in [1.54, 1.807) is 6.20 Å². The Labute approximate surface area is 158 Å². The zero-order valence-corrected chi connectivity index (χ0v) is 15.5. The van der Waals surface area contributed by atoms with Crippen LogP contribution in [0.2, 0.25) is 0 Å².